The van der Waals surface area contributed by atoms with Gasteiger partial charge in [-0.2, -0.15) is 0 Å². The molecule has 2 aromatic carbocycles. The van der Waals surface area contributed by atoms with E-state index in [1.165, 1.54) is 12.1 Å². The number of carbonyl (C=O) groups excluding carboxylic acids is 1. The predicted molar refractivity (Wildman–Crippen MR) is 106 cm³/mol. The van der Waals surface area contributed by atoms with E-state index in [2.05, 4.69) is 0 Å². The number of halogens is 1. The van der Waals surface area contributed by atoms with E-state index in [0.717, 1.165) is 12.0 Å². The normalized spacial score (nSPS) is 18.0. The van der Waals surface area contributed by atoms with Gasteiger partial charge in [0.1, 0.15) is 11.6 Å². The van der Waals surface area contributed by atoms with Gasteiger partial charge in [-0.05, 0) is 42.7 Å². The van der Waals surface area contributed by atoms with Crippen molar-refractivity contribution in [2.45, 2.75) is 32.4 Å². The van der Waals surface area contributed by atoms with Crippen molar-refractivity contribution in [3.63, 3.8) is 0 Å². The molecule has 1 atom stereocenters. The SMILES string of the molecule is CCCOc1ccccc1C(=O)N(Cc1ccc(F)cc1)C1CCS(=O)(=O)C1. The Morgan fingerprint density at radius 1 is 1.18 bits per heavy atom. The summed E-state index contributed by atoms with van der Waals surface area (Å²) in [4.78, 5) is 15.0. The first-order valence-corrected chi connectivity index (χ1v) is 11.2. The van der Waals surface area contributed by atoms with E-state index in [0.29, 0.717) is 24.3 Å². The summed E-state index contributed by atoms with van der Waals surface area (Å²) in [5.41, 5.74) is 1.15. The third kappa shape index (κ3) is 4.90. The number of hydrogen-bond donors (Lipinski definition) is 0. The molecule has 0 saturated carbocycles. The van der Waals surface area contributed by atoms with Crippen molar-refractivity contribution in [2.75, 3.05) is 18.1 Å². The van der Waals surface area contributed by atoms with E-state index in [9.17, 15) is 17.6 Å². The summed E-state index contributed by atoms with van der Waals surface area (Å²) >= 11 is 0. The molecular weight excluding hydrogens is 381 g/mol. The van der Waals surface area contributed by atoms with Crippen molar-refractivity contribution < 1.29 is 22.3 Å². The maximum absolute atomic E-state index is 13.4. The highest BCUT2D eigenvalue weighted by molar-refractivity contribution is 7.91. The maximum atomic E-state index is 13.4. The Balaban J connectivity index is 1.92. The number of hydrogen-bond acceptors (Lipinski definition) is 4. The monoisotopic (exact) mass is 405 g/mol. The van der Waals surface area contributed by atoms with Crippen molar-refractivity contribution in [3.05, 3.63) is 65.5 Å². The second kappa shape index (κ2) is 8.73. The molecule has 1 amide bonds. The molecule has 28 heavy (non-hydrogen) atoms. The van der Waals surface area contributed by atoms with Crippen LogP contribution in [0, 0.1) is 5.82 Å². The lowest BCUT2D eigenvalue weighted by Gasteiger charge is -2.29. The van der Waals surface area contributed by atoms with Crippen LogP contribution in [0.1, 0.15) is 35.7 Å². The molecule has 1 saturated heterocycles. The van der Waals surface area contributed by atoms with E-state index in [1.54, 1.807) is 41.3 Å². The average Bonchev–Trinajstić information content (AvgIpc) is 3.05. The summed E-state index contributed by atoms with van der Waals surface area (Å²) in [7, 11) is -3.16. The van der Waals surface area contributed by atoms with Crippen LogP contribution >= 0.6 is 0 Å². The number of carbonyl (C=O) groups is 1. The Kier molecular flexibility index (Phi) is 6.34. The minimum atomic E-state index is -3.16. The van der Waals surface area contributed by atoms with Crippen LogP contribution < -0.4 is 4.74 Å². The number of benzene rings is 2. The smallest absolute Gasteiger partial charge is 0.258 e. The van der Waals surface area contributed by atoms with Gasteiger partial charge in [0, 0.05) is 12.6 Å². The van der Waals surface area contributed by atoms with Gasteiger partial charge >= 0.3 is 0 Å². The van der Waals surface area contributed by atoms with E-state index in [1.807, 2.05) is 6.92 Å². The average molecular weight is 405 g/mol. The quantitative estimate of drug-likeness (QED) is 0.708. The number of rotatable bonds is 7. The molecule has 0 bridgehead atoms. The van der Waals surface area contributed by atoms with Crippen LogP contribution in [0.3, 0.4) is 0 Å². The van der Waals surface area contributed by atoms with Gasteiger partial charge in [-0.25, -0.2) is 12.8 Å². The van der Waals surface area contributed by atoms with Crippen molar-refractivity contribution >= 4 is 15.7 Å². The first kappa shape index (κ1) is 20.3. The molecule has 0 aliphatic carbocycles. The summed E-state index contributed by atoms with van der Waals surface area (Å²) < 4.78 is 43.0. The molecule has 2 aromatic rings. The molecule has 1 fully saturated rings. The highest BCUT2D eigenvalue weighted by atomic mass is 32.2. The van der Waals surface area contributed by atoms with E-state index >= 15 is 0 Å². The molecule has 3 rings (SSSR count). The first-order valence-electron chi connectivity index (χ1n) is 9.37. The van der Waals surface area contributed by atoms with Crippen molar-refractivity contribution in [1.29, 1.82) is 0 Å². The Hall–Kier alpha value is -2.41. The number of nitrogens with zero attached hydrogens (tertiary/aromatic N) is 1. The zero-order valence-electron chi connectivity index (χ0n) is 15.8. The third-order valence-electron chi connectivity index (χ3n) is 4.76. The van der Waals surface area contributed by atoms with Crippen molar-refractivity contribution in [1.82, 2.24) is 4.90 Å². The second-order valence-electron chi connectivity index (χ2n) is 6.96. The molecule has 0 aromatic heterocycles. The fraction of sp³-hybridized carbons (Fsp3) is 0.381. The fourth-order valence-corrected chi connectivity index (χ4v) is 5.04. The lowest BCUT2D eigenvalue weighted by Crippen LogP contribution is -2.40. The van der Waals surface area contributed by atoms with Gasteiger partial charge in [-0.15, -0.1) is 0 Å². The lowest BCUT2D eigenvalue weighted by atomic mass is 10.1. The number of ether oxygens (including phenoxy) is 1. The van der Waals surface area contributed by atoms with Crippen LogP contribution in [0.5, 0.6) is 5.75 Å². The topological polar surface area (TPSA) is 63.7 Å². The molecule has 1 aliphatic rings. The van der Waals surface area contributed by atoms with E-state index < -0.39 is 15.9 Å². The Bertz CT molecular complexity index is 928. The molecular formula is C21H24FNO4S. The summed E-state index contributed by atoms with van der Waals surface area (Å²) in [5, 5.41) is 0. The minimum Gasteiger partial charge on any atom is -0.493 e. The van der Waals surface area contributed by atoms with Gasteiger partial charge in [0.15, 0.2) is 9.84 Å². The number of amides is 1. The summed E-state index contributed by atoms with van der Waals surface area (Å²) in [6.45, 7) is 2.68. The fourth-order valence-electron chi connectivity index (χ4n) is 3.31. The molecule has 7 heteroatoms. The van der Waals surface area contributed by atoms with Crippen LogP contribution in [-0.2, 0) is 16.4 Å². The van der Waals surface area contributed by atoms with Gasteiger partial charge in [0.05, 0.1) is 23.7 Å². The van der Waals surface area contributed by atoms with Gasteiger partial charge in [0.2, 0.25) is 0 Å². The van der Waals surface area contributed by atoms with Gasteiger partial charge < -0.3 is 9.64 Å². The second-order valence-corrected chi connectivity index (χ2v) is 9.19. The van der Waals surface area contributed by atoms with Crippen molar-refractivity contribution in [2.24, 2.45) is 0 Å². The van der Waals surface area contributed by atoms with Crippen molar-refractivity contribution in [3.8, 4) is 5.75 Å². The number of sulfone groups is 1. The molecule has 0 spiro atoms. The Morgan fingerprint density at radius 3 is 2.54 bits per heavy atom. The van der Waals surface area contributed by atoms with Crippen LogP contribution in [0.15, 0.2) is 48.5 Å². The predicted octanol–water partition coefficient (Wildman–Crippen LogP) is 3.44. The number of para-hydroxylation sites is 1. The van der Waals surface area contributed by atoms with E-state index in [4.69, 9.17) is 4.74 Å². The largest absolute Gasteiger partial charge is 0.493 e. The lowest BCUT2D eigenvalue weighted by molar-refractivity contribution is 0.0676. The van der Waals surface area contributed by atoms with Crippen LogP contribution in [0.2, 0.25) is 0 Å². The Morgan fingerprint density at radius 2 is 1.89 bits per heavy atom. The summed E-state index contributed by atoms with van der Waals surface area (Å²) in [5.74, 6) is -0.141. The molecule has 0 N–H and O–H groups in total. The maximum Gasteiger partial charge on any atom is 0.258 e. The summed E-state index contributed by atoms with van der Waals surface area (Å²) in [6, 6.07) is 12.5. The molecule has 150 valence electrons. The molecule has 1 unspecified atom stereocenters. The van der Waals surface area contributed by atoms with Gasteiger partial charge in [0.25, 0.3) is 5.91 Å². The highest BCUT2D eigenvalue weighted by Crippen LogP contribution is 2.26. The van der Waals surface area contributed by atoms with Gasteiger partial charge in [-0.1, -0.05) is 31.2 Å². The molecule has 0 radical (unpaired) electrons. The zero-order chi connectivity index (χ0) is 20.1. The zero-order valence-corrected chi connectivity index (χ0v) is 16.6. The van der Waals surface area contributed by atoms with Crippen LogP contribution in [-0.4, -0.2) is 43.4 Å². The van der Waals surface area contributed by atoms with Gasteiger partial charge in [-0.3, -0.25) is 4.79 Å². The molecule has 1 heterocycles. The standard InChI is InChI=1S/C21H24FNO4S/c1-2-12-27-20-6-4-3-5-19(20)21(24)23(18-11-13-28(25,26)15-18)14-16-7-9-17(22)10-8-16/h3-10,18H,2,11-15H2,1H3. The van der Waals surface area contributed by atoms with Crippen LogP contribution in [0.4, 0.5) is 4.39 Å². The molecule has 1 aliphatic heterocycles. The third-order valence-corrected chi connectivity index (χ3v) is 6.51. The Labute approximate surface area is 165 Å². The van der Waals surface area contributed by atoms with Crippen LogP contribution in [0.25, 0.3) is 0 Å². The minimum absolute atomic E-state index is 0.0576. The summed E-state index contributed by atoms with van der Waals surface area (Å²) in [6.07, 6.45) is 1.20. The highest BCUT2D eigenvalue weighted by Gasteiger charge is 2.35. The first-order chi connectivity index (χ1) is 13.4. The van der Waals surface area contributed by atoms with E-state index in [-0.39, 0.29) is 29.8 Å². The molecule has 5 nitrogen and oxygen atoms in total.